The molecule has 0 aliphatic rings. The zero-order valence-corrected chi connectivity index (χ0v) is 9.10. The minimum atomic E-state index is -1.47. The average molecular weight is 224 g/mol. The van der Waals surface area contributed by atoms with Crippen LogP contribution in [0.3, 0.4) is 0 Å². The Morgan fingerprint density at radius 1 is 1.44 bits per heavy atom. The summed E-state index contributed by atoms with van der Waals surface area (Å²) in [7, 11) is 0. The highest BCUT2D eigenvalue weighted by atomic mass is 16.3. The lowest BCUT2D eigenvalue weighted by atomic mass is 9.94. The minimum Gasteiger partial charge on any atom is -0.399 e. The number of rotatable bonds is 4. The quantitative estimate of drug-likeness (QED) is 0.523. The van der Waals surface area contributed by atoms with Gasteiger partial charge in [-0.15, -0.1) is 0 Å². The number of benzene rings is 1. The second kappa shape index (κ2) is 4.96. The minimum absolute atomic E-state index is 0.0389. The molecule has 0 aromatic heterocycles. The highest BCUT2D eigenvalue weighted by Gasteiger charge is 2.28. The lowest BCUT2D eigenvalue weighted by Crippen LogP contribution is -2.42. The molecule has 5 heteroatoms. The maximum absolute atomic E-state index is 10.8. The molecule has 1 amide bonds. The normalized spacial score (nSPS) is 14.2. The van der Waals surface area contributed by atoms with Crippen molar-refractivity contribution in [3.63, 3.8) is 0 Å². The number of nitrogen functional groups attached to an aromatic ring is 1. The zero-order valence-electron chi connectivity index (χ0n) is 9.10. The van der Waals surface area contributed by atoms with Gasteiger partial charge in [-0.3, -0.25) is 4.79 Å². The molecule has 1 aromatic carbocycles. The van der Waals surface area contributed by atoms with E-state index in [1.165, 1.54) is 6.92 Å². The van der Waals surface area contributed by atoms with E-state index in [-0.39, 0.29) is 12.5 Å². The standard InChI is InChI=1S/C11H16N2O3/c1-8(15)13-6-11(16,7-14)9-2-4-10(12)5-3-9/h2-5,14,16H,6-7,12H2,1H3,(H,13,15). The molecule has 0 saturated heterocycles. The van der Waals surface area contributed by atoms with E-state index in [1.807, 2.05) is 0 Å². The molecule has 5 nitrogen and oxygen atoms in total. The number of hydrogen-bond donors (Lipinski definition) is 4. The van der Waals surface area contributed by atoms with Gasteiger partial charge in [0.05, 0.1) is 13.2 Å². The van der Waals surface area contributed by atoms with Gasteiger partial charge in [-0.05, 0) is 17.7 Å². The van der Waals surface area contributed by atoms with E-state index in [1.54, 1.807) is 24.3 Å². The van der Waals surface area contributed by atoms with E-state index in [0.717, 1.165) is 0 Å². The number of nitrogens with two attached hydrogens (primary N) is 1. The van der Waals surface area contributed by atoms with Crippen LogP contribution in [-0.4, -0.2) is 29.3 Å². The third-order valence-corrected chi connectivity index (χ3v) is 2.34. The van der Waals surface area contributed by atoms with Crippen LogP contribution in [0.1, 0.15) is 12.5 Å². The number of carbonyl (C=O) groups is 1. The molecule has 1 unspecified atom stereocenters. The molecular formula is C11H16N2O3. The Hall–Kier alpha value is -1.59. The summed E-state index contributed by atoms with van der Waals surface area (Å²) < 4.78 is 0. The molecule has 0 heterocycles. The van der Waals surface area contributed by atoms with Crippen molar-refractivity contribution in [3.8, 4) is 0 Å². The average Bonchev–Trinajstić information content (AvgIpc) is 2.27. The Bertz CT molecular complexity index is 364. The van der Waals surface area contributed by atoms with E-state index in [9.17, 15) is 15.0 Å². The molecule has 88 valence electrons. The predicted molar refractivity (Wildman–Crippen MR) is 60.5 cm³/mol. The molecule has 0 bridgehead atoms. The first-order chi connectivity index (χ1) is 7.48. The monoisotopic (exact) mass is 224 g/mol. The summed E-state index contributed by atoms with van der Waals surface area (Å²) in [4.78, 5) is 10.8. The van der Waals surface area contributed by atoms with Crippen molar-refractivity contribution in [1.29, 1.82) is 0 Å². The maximum Gasteiger partial charge on any atom is 0.216 e. The van der Waals surface area contributed by atoms with Crippen molar-refractivity contribution in [3.05, 3.63) is 29.8 Å². The van der Waals surface area contributed by atoms with Crippen LogP contribution in [0.4, 0.5) is 5.69 Å². The van der Waals surface area contributed by atoms with Gasteiger partial charge in [-0.25, -0.2) is 0 Å². The Labute approximate surface area is 93.9 Å². The number of anilines is 1. The van der Waals surface area contributed by atoms with Gasteiger partial charge < -0.3 is 21.3 Å². The summed E-state index contributed by atoms with van der Waals surface area (Å²) in [6.07, 6.45) is 0. The largest absolute Gasteiger partial charge is 0.399 e. The summed E-state index contributed by atoms with van der Waals surface area (Å²) in [5.74, 6) is -0.262. The number of carbonyl (C=O) groups excluding carboxylic acids is 1. The number of amides is 1. The Balaban J connectivity index is 2.86. The van der Waals surface area contributed by atoms with Gasteiger partial charge in [0, 0.05) is 12.6 Å². The van der Waals surface area contributed by atoms with Crippen LogP contribution in [0.5, 0.6) is 0 Å². The summed E-state index contributed by atoms with van der Waals surface area (Å²) >= 11 is 0. The molecule has 0 radical (unpaired) electrons. The third-order valence-electron chi connectivity index (χ3n) is 2.34. The lowest BCUT2D eigenvalue weighted by molar-refractivity contribution is -0.120. The van der Waals surface area contributed by atoms with Crippen molar-refractivity contribution in [1.82, 2.24) is 5.32 Å². The Morgan fingerprint density at radius 3 is 2.44 bits per heavy atom. The van der Waals surface area contributed by atoms with Gasteiger partial charge in [-0.1, -0.05) is 12.1 Å². The van der Waals surface area contributed by atoms with Gasteiger partial charge in [0.25, 0.3) is 0 Å². The highest BCUT2D eigenvalue weighted by Crippen LogP contribution is 2.20. The summed E-state index contributed by atoms with van der Waals surface area (Å²) in [6.45, 7) is 0.834. The fraction of sp³-hybridized carbons (Fsp3) is 0.364. The second-order valence-electron chi connectivity index (χ2n) is 3.72. The second-order valence-corrected chi connectivity index (χ2v) is 3.72. The van der Waals surface area contributed by atoms with Crippen molar-refractivity contribution in [2.24, 2.45) is 0 Å². The summed E-state index contributed by atoms with van der Waals surface area (Å²) in [5, 5.41) is 21.8. The molecule has 0 fully saturated rings. The zero-order chi connectivity index (χ0) is 12.2. The molecule has 16 heavy (non-hydrogen) atoms. The Morgan fingerprint density at radius 2 is 2.00 bits per heavy atom. The van der Waals surface area contributed by atoms with E-state index >= 15 is 0 Å². The smallest absolute Gasteiger partial charge is 0.216 e. The Kier molecular flexibility index (Phi) is 3.87. The molecule has 1 rings (SSSR count). The van der Waals surface area contributed by atoms with Crippen molar-refractivity contribution < 1.29 is 15.0 Å². The van der Waals surface area contributed by atoms with E-state index in [4.69, 9.17) is 5.73 Å². The van der Waals surface area contributed by atoms with Crippen LogP contribution in [0.15, 0.2) is 24.3 Å². The first kappa shape index (κ1) is 12.5. The van der Waals surface area contributed by atoms with Crippen LogP contribution in [-0.2, 0) is 10.4 Å². The molecule has 0 aliphatic carbocycles. The fourth-order valence-corrected chi connectivity index (χ4v) is 1.31. The van der Waals surface area contributed by atoms with Gasteiger partial charge in [0.1, 0.15) is 5.60 Å². The lowest BCUT2D eigenvalue weighted by Gasteiger charge is -2.26. The number of nitrogens with one attached hydrogen (secondary N) is 1. The number of hydrogen-bond acceptors (Lipinski definition) is 4. The molecule has 1 atom stereocenters. The van der Waals surface area contributed by atoms with Crippen LogP contribution in [0.2, 0.25) is 0 Å². The molecule has 0 spiro atoms. The molecule has 0 aliphatic heterocycles. The molecule has 0 saturated carbocycles. The number of aliphatic hydroxyl groups is 2. The van der Waals surface area contributed by atoms with E-state index < -0.39 is 12.2 Å². The third kappa shape index (κ3) is 2.95. The fourth-order valence-electron chi connectivity index (χ4n) is 1.31. The van der Waals surface area contributed by atoms with Crippen LogP contribution >= 0.6 is 0 Å². The predicted octanol–water partition coefficient (Wildman–Crippen LogP) is -0.415. The number of aliphatic hydroxyl groups excluding tert-OH is 1. The van der Waals surface area contributed by atoms with Gasteiger partial charge in [0.2, 0.25) is 5.91 Å². The topological polar surface area (TPSA) is 95.6 Å². The van der Waals surface area contributed by atoms with Crippen LogP contribution in [0, 0.1) is 0 Å². The molecular weight excluding hydrogens is 208 g/mol. The van der Waals surface area contributed by atoms with Crippen molar-refractivity contribution >= 4 is 11.6 Å². The summed E-state index contributed by atoms with van der Waals surface area (Å²) in [6, 6.07) is 6.49. The maximum atomic E-state index is 10.8. The molecule has 1 aromatic rings. The van der Waals surface area contributed by atoms with Crippen molar-refractivity contribution in [2.45, 2.75) is 12.5 Å². The van der Waals surface area contributed by atoms with Crippen LogP contribution < -0.4 is 11.1 Å². The molecule has 5 N–H and O–H groups in total. The summed E-state index contributed by atoms with van der Waals surface area (Å²) in [5.41, 5.74) is 5.13. The van der Waals surface area contributed by atoms with Crippen LogP contribution in [0.25, 0.3) is 0 Å². The SMILES string of the molecule is CC(=O)NCC(O)(CO)c1ccc(N)cc1. The van der Waals surface area contributed by atoms with Gasteiger partial charge >= 0.3 is 0 Å². The first-order valence-electron chi connectivity index (χ1n) is 4.91. The van der Waals surface area contributed by atoms with Crippen molar-refractivity contribution in [2.75, 3.05) is 18.9 Å². The highest BCUT2D eigenvalue weighted by molar-refractivity contribution is 5.72. The van der Waals surface area contributed by atoms with Gasteiger partial charge in [0.15, 0.2) is 0 Å². The van der Waals surface area contributed by atoms with Gasteiger partial charge in [-0.2, -0.15) is 0 Å². The van der Waals surface area contributed by atoms with E-state index in [0.29, 0.717) is 11.3 Å². The van der Waals surface area contributed by atoms with E-state index in [2.05, 4.69) is 5.32 Å². The first-order valence-corrected chi connectivity index (χ1v) is 4.91.